The van der Waals surface area contributed by atoms with E-state index >= 15 is 0 Å². The van der Waals surface area contributed by atoms with E-state index in [4.69, 9.17) is 9.73 Å². The largest absolute Gasteiger partial charge is 0.497 e. The van der Waals surface area contributed by atoms with Crippen LogP contribution < -0.4 is 15.0 Å². The third-order valence-corrected chi connectivity index (χ3v) is 6.94. The molecule has 3 aromatic carbocycles. The topological polar surface area (TPSA) is 65.5 Å². The summed E-state index contributed by atoms with van der Waals surface area (Å²) in [5, 5.41) is 4.40. The number of hydrogen-bond acceptors (Lipinski definition) is 5. The van der Waals surface area contributed by atoms with Gasteiger partial charge in [0.1, 0.15) is 11.6 Å². The molecule has 0 aliphatic carbocycles. The summed E-state index contributed by atoms with van der Waals surface area (Å²) in [6.07, 6.45) is 3.75. The summed E-state index contributed by atoms with van der Waals surface area (Å²) in [6.45, 7) is 1.24. The molecule has 0 unspecified atom stereocenters. The Kier molecular flexibility index (Phi) is 6.13. The minimum atomic E-state index is -0.333. The molecule has 1 aliphatic rings. The van der Waals surface area contributed by atoms with Crippen molar-refractivity contribution in [1.82, 2.24) is 15.3 Å². The molecule has 0 spiro atoms. The number of aliphatic imine (C=N–C) groups is 1. The summed E-state index contributed by atoms with van der Waals surface area (Å²) in [7, 11) is 5.57. The fourth-order valence-corrected chi connectivity index (χ4v) is 4.97. The monoisotopic (exact) mass is 505 g/mol. The first kappa shape index (κ1) is 23.9. The Morgan fingerprint density at radius 1 is 0.895 bits per heavy atom. The average molecular weight is 506 g/mol. The van der Waals surface area contributed by atoms with Crippen molar-refractivity contribution in [3.8, 4) is 28.0 Å². The Bertz CT molecular complexity index is 1690. The van der Waals surface area contributed by atoms with Crippen molar-refractivity contribution in [3.05, 3.63) is 102 Å². The summed E-state index contributed by atoms with van der Waals surface area (Å²) in [5.41, 5.74) is 9.88. The minimum Gasteiger partial charge on any atom is -0.497 e. The number of aromatic amines is 1. The number of hydrogen-bond donors (Lipinski definition) is 2. The van der Waals surface area contributed by atoms with Crippen LogP contribution >= 0.6 is 0 Å². The molecule has 3 heterocycles. The van der Waals surface area contributed by atoms with E-state index in [1.54, 1.807) is 7.11 Å². The number of pyridine rings is 1. The lowest BCUT2D eigenvalue weighted by Crippen LogP contribution is -2.11. The smallest absolute Gasteiger partial charge is 0.127 e. The number of nitrogens with zero attached hydrogens (tertiary/aromatic N) is 3. The highest BCUT2D eigenvalue weighted by Crippen LogP contribution is 2.34. The molecule has 6 nitrogen and oxygen atoms in total. The van der Waals surface area contributed by atoms with Gasteiger partial charge in [-0.15, -0.1) is 0 Å². The zero-order valence-corrected chi connectivity index (χ0v) is 21.5. The van der Waals surface area contributed by atoms with Crippen LogP contribution in [0.1, 0.15) is 16.8 Å². The van der Waals surface area contributed by atoms with E-state index in [2.05, 4.69) is 45.6 Å². The Balaban J connectivity index is 1.47. The lowest BCUT2D eigenvalue weighted by Gasteiger charge is -2.14. The van der Waals surface area contributed by atoms with E-state index < -0.39 is 0 Å². The highest BCUT2D eigenvalue weighted by molar-refractivity contribution is 6.16. The summed E-state index contributed by atoms with van der Waals surface area (Å²) in [6, 6.07) is 21.5. The summed E-state index contributed by atoms with van der Waals surface area (Å²) >= 11 is 0. The maximum Gasteiger partial charge on any atom is 0.127 e. The van der Waals surface area contributed by atoms with Crippen molar-refractivity contribution in [2.75, 3.05) is 32.8 Å². The molecule has 1 aliphatic heterocycles. The number of ether oxygens (including phenoxy) is 1. The summed E-state index contributed by atoms with van der Waals surface area (Å²) in [4.78, 5) is 15.0. The molecule has 0 amide bonds. The average Bonchev–Trinajstić information content (AvgIpc) is 3.25. The second kappa shape index (κ2) is 9.76. The van der Waals surface area contributed by atoms with Crippen LogP contribution in [0.5, 0.6) is 5.75 Å². The fraction of sp³-hybridized carbons (Fsp3) is 0.161. The van der Waals surface area contributed by atoms with Crippen LogP contribution in [-0.2, 0) is 6.54 Å². The van der Waals surface area contributed by atoms with Gasteiger partial charge in [0.05, 0.1) is 37.1 Å². The van der Waals surface area contributed by atoms with Gasteiger partial charge in [0.2, 0.25) is 0 Å². The van der Waals surface area contributed by atoms with Gasteiger partial charge in [-0.3, -0.25) is 15.3 Å². The molecule has 7 heteroatoms. The molecule has 190 valence electrons. The first-order valence-corrected chi connectivity index (χ1v) is 12.5. The molecule has 0 radical (unpaired) electrons. The van der Waals surface area contributed by atoms with Gasteiger partial charge in [-0.05, 0) is 58.7 Å². The van der Waals surface area contributed by atoms with Crippen molar-refractivity contribution < 1.29 is 9.13 Å². The van der Waals surface area contributed by atoms with Gasteiger partial charge in [0.25, 0.3) is 0 Å². The molecular weight excluding hydrogens is 477 g/mol. The Hall–Kier alpha value is -4.49. The normalized spacial score (nSPS) is 13.1. The van der Waals surface area contributed by atoms with Crippen LogP contribution in [0, 0.1) is 5.82 Å². The predicted molar refractivity (Wildman–Crippen MR) is 152 cm³/mol. The zero-order chi connectivity index (χ0) is 26.2. The van der Waals surface area contributed by atoms with E-state index in [0.717, 1.165) is 62.4 Å². The van der Waals surface area contributed by atoms with Crippen LogP contribution in [0.2, 0.25) is 0 Å². The third-order valence-electron chi connectivity index (χ3n) is 6.94. The number of methoxy groups -OCH3 is 1. The lowest BCUT2D eigenvalue weighted by molar-refractivity contribution is 0.411. The van der Waals surface area contributed by atoms with Gasteiger partial charge in [0.15, 0.2) is 0 Å². The first-order chi connectivity index (χ1) is 18.5. The third kappa shape index (κ3) is 4.41. The van der Waals surface area contributed by atoms with Crippen LogP contribution in [0.25, 0.3) is 33.2 Å². The predicted octanol–water partition coefficient (Wildman–Crippen LogP) is 6.01. The van der Waals surface area contributed by atoms with Crippen LogP contribution in [-0.4, -0.2) is 43.6 Å². The molecule has 38 heavy (non-hydrogen) atoms. The van der Waals surface area contributed by atoms with Gasteiger partial charge in [0, 0.05) is 54.9 Å². The number of halogens is 1. The van der Waals surface area contributed by atoms with Gasteiger partial charge in [-0.2, -0.15) is 0 Å². The van der Waals surface area contributed by atoms with E-state index in [9.17, 15) is 4.39 Å². The molecule has 2 N–H and O–H groups in total. The highest BCUT2D eigenvalue weighted by atomic mass is 19.1. The summed E-state index contributed by atoms with van der Waals surface area (Å²) in [5.74, 6) is 0.155. The van der Waals surface area contributed by atoms with Crippen LogP contribution in [0.3, 0.4) is 0 Å². The Morgan fingerprint density at radius 3 is 2.63 bits per heavy atom. The van der Waals surface area contributed by atoms with E-state index in [0.29, 0.717) is 12.4 Å². The van der Waals surface area contributed by atoms with Gasteiger partial charge >= 0.3 is 0 Å². The van der Waals surface area contributed by atoms with Gasteiger partial charge in [-0.25, -0.2) is 4.39 Å². The number of benzene rings is 3. The number of nitrogens with one attached hydrogen (secondary N) is 2. The maximum atomic E-state index is 14.3. The number of anilines is 1. The molecule has 0 saturated heterocycles. The number of H-pyrrole nitrogens is 1. The van der Waals surface area contributed by atoms with E-state index in [1.807, 2.05) is 55.7 Å². The number of rotatable bonds is 5. The second-order valence-electron chi connectivity index (χ2n) is 9.62. The standard InChI is InChI=1S/C31H28FN5O/c1-37(2)24-10-22(16-33-17-24)19-7-8-20-15-34-18-35-31(27(20)12-19)30-14-28-26(5-4-6-29(28)36-30)21-9-23(32)13-25(11-21)38-3/h4-14,16-17,34,36H,15,18H2,1-3H3. The fourth-order valence-electron chi connectivity index (χ4n) is 4.97. The molecule has 5 aromatic rings. The van der Waals surface area contributed by atoms with Crippen molar-refractivity contribution in [2.24, 2.45) is 4.99 Å². The minimum absolute atomic E-state index is 0.333. The molecular formula is C31H28FN5O. The second-order valence-corrected chi connectivity index (χ2v) is 9.62. The first-order valence-electron chi connectivity index (χ1n) is 12.5. The molecule has 0 fully saturated rings. The van der Waals surface area contributed by atoms with E-state index in [-0.39, 0.29) is 5.82 Å². The van der Waals surface area contributed by atoms with Gasteiger partial charge in [-0.1, -0.05) is 24.3 Å². The number of aromatic nitrogens is 2. The van der Waals surface area contributed by atoms with Crippen LogP contribution in [0.15, 0.2) is 84.1 Å². The zero-order valence-electron chi connectivity index (χ0n) is 21.5. The number of fused-ring (bicyclic) bond motifs is 2. The van der Waals surface area contributed by atoms with Crippen molar-refractivity contribution in [2.45, 2.75) is 6.54 Å². The quantitative estimate of drug-likeness (QED) is 0.307. The molecule has 0 atom stereocenters. The summed E-state index contributed by atoms with van der Waals surface area (Å²) < 4.78 is 19.6. The lowest BCUT2D eigenvalue weighted by atomic mass is 9.95. The van der Waals surface area contributed by atoms with Crippen molar-refractivity contribution >= 4 is 22.3 Å². The van der Waals surface area contributed by atoms with Crippen molar-refractivity contribution in [3.63, 3.8) is 0 Å². The molecule has 2 aromatic heterocycles. The van der Waals surface area contributed by atoms with Crippen LogP contribution in [0.4, 0.5) is 10.1 Å². The van der Waals surface area contributed by atoms with Crippen molar-refractivity contribution in [1.29, 1.82) is 0 Å². The Morgan fingerprint density at radius 2 is 1.79 bits per heavy atom. The van der Waals surface area contributed by atoms with Gasteiger partial charge < -0.3 is 14.6 Å². The highest BCUT2D eigenvalue weighted by Gasteiger charge is 2.19. The molecule has 0 bridgehead atoms. The van der Waals surface area contributed by atoms with E-state index in [1.165, 1.54) is 17.7 Å². The SMILES string of the molecule is COc1cc(F)cc(-c2cccc3[nH]c(C4=NCNCc5ccc(-c6cncc(N(C)C)c6)cc54)cc23)c1. The maximum absolute atomic E-state index is 14.3. The Labute approximate surface area is 220 Å². The molecule has 0 saturated carbocycles. The molecule has 6 rings (SSSR count).